The molecule has 3 fully saturated rings. The molecule has 1 saturated carbocycles. The lowest BCUT2D eigenvalue weighted by Crippen LogP contribution is -2.60. The summed E-state index contributed by atoms with van der Waals surface area (Å²) in [5.41, 5.74) is 1.39. The second kappa shape index (κ2) is 8.65. The molecule has 0 aromatic heterocycles. The molecule has 0 bridgehead atoms. The lowest BCUT2D eigenvalue weighted by molar-refractivity contribution is -0.138. The third-order valence-corrected chi connectivity index (χ3v) is 10.8. The number of rotatable bonds is 2. The van der Waals surface area contributed by atoms with Crippen LogP contribution in [0.3, 0.4) is 0 Å². The van der Waals surface area contributed by atoms with Crippen molar-refractivity contribution in [3.63, 3.8) is 0 Å². The molecule has 0 unspecified atom stereocenters. The van der Waals surface area contributed by atoms with Gasteiger partial charge in [-0.05, 0) is 61.2 Å². The number of allylic oxidation sites excluding steroid dienone is 2. The zero-order valence-electron chi connectivity index (χ0n) is 19.8. The molecule has 0 radical (unpaired) electrons. The van der Waals surface area contributed by atoms with Crippen LogP contribution in [0.1, 0.15) is 24.3 Å². The molecule has 4 amide bonds. The number of anilines is 1. The summed E-state index contributed by atoms with van der Waals surface area (Å²) < 4.78 is 1.43. The van der Waals surface area contributed by atoms with E-state index >= 15 is 0 Å². The van der Waals surface area contributed by atoms with Gasteiger partial charge in [-0.25, -0.2) is 0 Å². The largest absolute Gasteiger partial charge is 0.508 e. The van der Waals surface area contributed by atoms with Crippen LogP contribution in [0, 0.1) is 17.8 Å². The van der Waals surface area contributed by atoms with Crippen LogP contribution in [-0.4, -0.2) is 50.4 Å². The summed E-state index contributed by atoms with van der Waals surface area (Å²) in [4.78, 5) is 52.8. The number of aromatic hydroxyl groups is 1. The van der Waals surface area contributed by atoms with Crippen LogP contribution in [0.4, 0.5) is 5.69 Å². The Balaban J connectivity index is 1.53. The van der Waals surface area contributed by atoms with Crippen LogP contribution in [0.15, 0.2) is 63.1 Å². The number of alkyl halides is 2. The summed E-state index contributed by atoms with van der Waals surface area (Å²) in [5.74, 6) is -5.28. The van der Waals surface area contributed by atoms with Crippen molar-refractivity contribution >= 4 is 84.4 Å². The van der Waals surface area contributed by atoms with Crippen LogP contribution < -0.4 is 4.90 Å². The Hall–Kier alpha value is -2.20. The van der Waals surface area contributed by atoms with Gasteiger partial charge in [0.1, 0.15) is 5.75 Å². The molecule has 2 heterocycles. The highest BCUT2D eigenvalue weighted by Gasteiger charge is 2.76. The van der Waals surface area contributed by atoms with Gasteiger partial charge in [-0.1, -0.05) is 43.5 Å². The minimum Gasteiger partial charge on any atom is -0.508 e. The van der Waals surface area contributed by atoms with Crippen molar-refractivity contribution in [2.75, 3.05) is 11.9 Å². The SMILES string of the molecule is CN1C(=O)[C@]2(Cl)C[C@@H]3C(=CC[C@@H]4C(=O)N(c5ccc(Br)cc5)C(=O)[C@@H]43)[C@H](c3cc(Br)ccc3O)[C@]2(Cl)C1=O. The fourth-order valence-corrected chi connectivity index (χ4v) is 8.35. The van der Waals surface area contributed by atoms with Crippen molar-refractivity contribution in [1.82, 2.24) is 4.90 Å². The van der Waals surface area contributed by atoms with E-state index in [1.165, 1.54) is 18.0 Å². The number of amides is 4. The number of nitrogens with zero attached hydrogens (tertiary/aromatic N) is 2. The first-order valence-corrected chi connectivity index (χ1v) is 14.3. The van der Waals surface area contributed by atoms with Gasteiger partial charge in [-0.3, -0.25) is 29.0 Å². The molecule has 2 aliphatic carbocycles. The van der Waals surface area contributed by atoms with Crippen molar-refractivity contribution in [2.24, 2.45) is 17.8 Å². The fraction of sp³-hybridized carbons (Fsp3) is 0.333. The van der Waals surface area contributed by atoms with E-state index < -0.39 is 45.2 Å². The molecule has 38 heavy (non-hydrogen) atoms. The van der Waals surface area contributed by atoms with Gasteiger partial charge in [0.05, 0.1) is 17.5 Å². The summed E-state index contributed by atoms with van der Waals surface area (Å²) in [6.07, 6.45) is 1.99. The molecule has 6 rings (SSSR count). The maximum absolute atomic E-state index is 13.9. The zero-order valence-corrected chi connectivity index (χ0v) is 24.5. The molecule has 11 heteroatoms. The van der Waals surface area contributed by atoms with Crippen molar-refractivity contribution < 1.29 is 24.3 Å². The monoisotopic (exact) mass is 680 g/mol. The van der Waals surface area contributed by atoms with Crippen molar-refractivity contribution in [3.8, 4) is 5.75 Å². The van der Waals surface area contributed by atoms with Crippen LogP contribution in [0.2, 0.25) is 0 Å². The van der Waals surface area contributed by atoms with Crippen LogP contribution in [-0.2, 0) is 19.2 Å². The van der Waals surface area contributed by atoms with E-state index in [0.29, 0.717) is 21.3 Å². The van der Waals surface area contributed by atoms with Crippen LogP contribution in [0.5, 0.6) is 5.75 Å². The predicted molar refractivity (Wildman–Crippen MR) is 148 cm³/mol. The van der Waals surface area contributed by atoms with E-state index in [9.17, 15) is 24.3 Å². The van der Waals surface area contributed by atoms with E-state index in [2.05, 4.69) is 31.9 Å². The smallest absolute Gasteiger partial charge is 0.253 e. The highest BCUT2D eigenvalue weighted by molar-refractivity contribution is 9.10. The summed E-state index contributed by atoms with van der Waals surface area (Å²) >= 11 is 21.0. The highest BCUT2D eigenvalue weighted by atomic mass is 79.9. The number of halogens is 4. The fourth-order valence-electron chi connectivity index (χ4n) is 6.69. The van der Waals surface area contributed by atoms with Crippen LogP contribution >= 0.6 is 55.1 Å². The van der Waals surface area contributed by atoms with Gasteiger partial charge < -0.3 is 5.11 Å². The van der Waals surface area contributed by atoms with Gasteiger partial charge in [0.25, 0.3) is 11.8 Å². The molecule has 1 N–H and O–H groups in total. The molecular weight excluding hydrogens is 663 g/mol. The van der Waals surface area contributed by atoms with Gasteiger partial charge >= 0.3 is 0 Å². The molecule has 2 saturated heterocycles. The normalized spacial score (nSPS) is 34.3. The third kappa shape index (κ3) is 3.25. The second-order valence-electron chi connectivity index (χ2n) is 10.2. The van der Waals surface area contributed by atoms with Gasteiger partial charge in [-0.15, -0.1) is 23.2 Å². The predicted octanol–water partition coefficient (Wildman–Crippen LogP) is 5.11. The number of hydrogen-bond donors (Lipinski definition) is 1. The minimum atomic E-state index is -1.94. The Morgan fingerprint density at radius 3 is 2.26 bits per heavy atom. The average Bonchev–Trinajstić information content (AvgIpc) is 3.21. The average molecular weight is 683 g/mol. The summed E-state index contributed by atoms with van der Waals surface area (Å²) in [7, 11) is 1.33. The maximum atomic E-state index is 13.9. The van der Waals surface area contributed by atoms with Crippen molar-refractivity contribution in [1.29, 1.82) is 0 Å². The summed E-state index contributed by atoms with van der Waals surface area (Å²) in [5, 5.41) is 10.9. The lowest BCUT2D eigenvalue weighted by atomic mass is 9.56. The summed E-state index contributed by atoms with van der Waals surface area (Å²) in [6.45, 7) is 0. The standard InChI is InChI=1S/C27H20Br2Cl2N2O5/c1-32-24(37)26(30)11-18-15(21(27(26,31)25(32)38)17-10-13(29)4-9-19(17)34)7-8-16-20(18)23(36)33(22(16)35)14-5-2-12(28)3-6-14/h2-7,9-10,16,18,20-21,34H,8,11H2,1H3/t16-,18+,20-,21+,26+,27-/m0/s1. The number of carbonyl (C=O) groups excluding carboxylic acids is 4. The molecule has 2 aliphatic heterocycles. The zero-order chi connectivity index (χ0) is 27.3. The molecular formula is C27H20Br2Cl2N2O5. The number of carbonyl (C=O) groups is 4. The van der Waals surface area contributed by atoms with E-state index in [1.54, 1.807) is 36.4 Å². The second-order valence-corrected chi connectivity index (χ2v) is 13.3. The van der Waals surface area contributed by atoms with Crippen molar-refractivity contribution in [2.45, 2.75) is 28.5 Å². The number of fused-ring (bicyclic) bond motifs is 4. The Morgan fingerprint density at radius 1 is 0.921 bits per heavy atom. The minimum absolute atomic E-state index is 0.0988. The van der Waals surface area contributed by atoms with Crippen molar-refractivity contribution in [3.05, 3.63) is 68.6 Å². The molecule has 6 atom stereocenters. The Labute approximate surface area is 245 Å². The molecule has 4 aliphatic rings. The van der Waals surface area contributed by atoms with Gasteiger partial charge in [0, 0.05) is 27.5 Å². The first-order chi connectivity index (χ1) is 17.9. The molecule has 196 valence electrons. The highest BCUT2D eigenvalue weighted by Crippen LogP contribution is 2.66. The first kappa shape index (κ1) is 26.0. The van der Waals surface area contributed by atoms with E-state index in [-0.39, 0.29) is 30.4 Å². The molecule has 2 aromatic rings. The number of likely N-dealkylation sites (tertiary alicyclic amines) is 1. The third-order valence-electron chi connectivity index (χ3n) is 8.40. The molecule has 2 aromatic carbocycles. The Bertz CT molecular complexity index is 1480. The maximum Gasteiger partial charge on any atom is 0.253 e. The van der Waals surface area contributed by atoms with Gasteiger partial charge in [0.15, 0.2) is 9.75 Å². The van der Waals surface area contributed by atoms with E-state index in [0.717, 1.165) is 9.37 Å². The molecule has 0 spiro atoms. The first-order valence-electron chi connectivity index (χ1n) is 11.9. The van der Waals surface area contributed by atoms with E-state index in [1.807, 2.05) is 6.08 Å². The van der Waals surface area contributed by atoms with Gasteiger partial charge in [-0.2, -0.15) is 0 Å². The number of hydrogen-bond acceptors (Lipinski definition) is 5. The lowest BCUT2D eigenvalue weighted by Gasteiger charge is -2.50. The number of phenols is 1. The van der Waals surface area contributed by atoms with E-state index in [4.69, 9.17) is 23.2 Å². The van der Waals surface area contributed by atoms with Gasteiger partial charge in [0.2, 0.25) is 11.8 Å². The topological polar surface area (TPSA) is 95.0 Å². The Morgan fingerprint density at radius 2 is 1.58 bits per heavy atom. The summed E-state index contributed by atoms with van der Waals surface area (Å²) in [6, 6.07) is 11.6. The molecule has 7 nitrogen and oxygen atoms in total. The number of phenolic OH excluding ortho intramolecular Hbond substituents is 1. The Kier molecular flexibility index (Phi) is 5.93. The number of imide groups is 2. The van der Waals surface area contributed by atoms with Crippen LogP contribution in [0.25, 0.3) is 0 Å². The quantitative estimate of drug-likeness (QED) is 0.270. The number of benzene rings is 2.